The third kappa shape index (κ3) is 8.00. The molecule has 194 valence electrons. The van der Waals surface area contributed by atoms with Crippen molar-refractivity contribution >= 4 is 17.7 Å². The van der Waals surface area contributed by atoms with Crippen LogP contribution >= 0.6 is 0 Å². The summed E-state index contributed by atoms with van der Waals surface area (Å²) in [5, 5.41) is 12.0. The molecule has 3 amide bonds. The quantitative estimate of drug-likeness (QED) is 0.364. The topological polar surface area (TPSA) is 115 Å². The lowest BCUT2D eigenvalue weighted by molar-refractivity contribution is -0.142. The third-order valence-corrected chi connectivity index (χ3v) is 7.23. The van der Waals surface area contributed by atoms with Gasteiger partial charge in [-0.05, 0) is 29.4 Å². The van der Waals surface area contributed by atoms with Crippen molar-refractivity contribution in [3.63, 3.8) is 0 Å². The first-order valence-electron chi connectivity index (χ1n) is 12.8. The molecule has 1 aromatic heterocycles. The van der Waals surface area contributed by atoms with Gasteiger partial charge < -0.3 is 10.2 Å². The van der Waals surface area contributed by atoms with Crippen LogP contribution in [-0.4, -0.2) is 69.9 Å². The minimum atomic E-state index is -0.692. The second-order valence-corrected chi connectivity index (χ2v) is 11.1. The first-order chi connectivity index (χ1) is 16.7. The Hall–Kier alpha value is -2.52. The van der Waals surface area contributed by atoms with E-state index >= 15 is 0 Å². The van der Waals surface area contributed by atoms with Gasteiger partial charge >= 0.3 is 0 Å². The molecule has 2 aliphatic rings. The van der Waals surface area contributed by atoms with E-state index in [0.717, 1.165) is 50.9 Å². The zero-order valence-electron chi connectivity index (χ0n) is 21.3. The Bertz CT molecular complexity index is 843. The lowest BCUT2D eigenvalue weighted by Gasteiger charge is -2.40. The lowest BCUT2D eigenvalue weighted by Crippen LogP contribution is -2.59. The predicted molar refractivity (Wildman–Crippen MR) is 132 cm³/mol. The fourth-order valence-corrected chi connectivity index (χ4v) is 5.17. The lowest BCUT2D eigenvalue weighted by atomic mass is 9.84. The number of nitrogens with one attached hydrogen (secondary N) is 2. The van der Waals surface area contributed by atoms with Gasteiger partial charge in [-0.3, -0.25) is 29.5 Å². The molecule has 1 aromatic rings. The average Bonchev–Trinajstić information content (AvgIpc) is 3.35. The highest BCUT2D eigenvalue weighted by Crippen LogP contribution is 2.32. The first-order valence-corrected chi connectivity index (χ1v) is 12.8. The molecule has 0 radical (unpaired) electrons. The highest BCUT2D eigenvalue weighted by molar-refractivity contribution is 5.91. The molecular formula is C26H41N5O4. The molecule has 1 saturated carbocycles. The maximum atomic E-state index is 13.6. The highest BCUT2D eigenvalue weighted by Gasteiger charge is 2.38. The Kier molecular flexibility index (Phi) is 9.63. The van der Waals surface area contributed by atoms with Crippen molar-refractivity contribution in [2.45, 2.75) is 71.9 Å². The molecule has 9 nitrogen and oxygen atoms in total. The van der Waals surface area contributed by atoms with Gasteiger partial charge in [-0.1, -0.05) is 52.5 Å². The zero-order valence-corrected chi connectivity index (χ0v) is 21.3. The fourth-order valence-electron chi connectivity index (χ4n) is 5.17. The summed E-state index contributed by atoms with van der Waals surface area (Å²) in [5.74, 6) is -1.12. The van der Waals surface area contributed by atoms with Crippen LogP contribution in [0.1, 0.15) is 64.9 Å². The number of hydrogen-bond acceptors (Lipinski definition) is 6. The molecule has 3 N–H and O–H groups in total. The number of aromatic nitrogens is 1. The van der Waals surface area contributed by atoms with Crippen molar-refractivity contribution < 1.29 is 19.6 Å². The number of piperazine rings is 1. The molecule has 2 atom stereocenters. The van der Waals surface area contributed by atoms with E-state index in [-0.39, 0.29) is 18.2 Å². The summed E-state index contributed by atoms with van der Waals surface area (Å²) in [6.07, 6.45) is 8.51. The molecule has 9 heteroatoms. The summed E-state index contributed by atoms with van der Waals surface area (Å²) in [7, 11) is 0. The number of carbonyl (C=O) groups is 3. The van der Waals surface area contributed by atoms with Crippen LogP contribution in [0.3, 0.4) is 0 Å². The molecule has 3 rings (SSSR count). The van der Waals surface area contributed by atoms with E-state index in [0.29, 0.717) is 25.4 Å². The summed E-state index contributed by atoms with van der Waals surface area (Å²) in [5.41, 5.74) is 2.31. The summed E-state index contributed by atoms with van der Waals surface area (Å²) in [4.78, 5) is 47.1. The van der Waals surface area contributed by atoms with Crippen molar-refractivity contribution in [3.05, 3.63) is 30.1 Å². The summed E-state index contributed by atoms with van der Waals surface area (Å²) in [6, 6.07) is 3.29. The van der Waals surface area contributed by atoms with Crippen LogP contribution in [-0.2, 0) is 20.9 Å². The molecule has 2 fully saturated rings. The number of carbonyl (C=O) groups excluding carboxylic acids is 3. The number of amides is 3. The van der Waals surface area contributed by atoms with E-state index in [1.54, 1.807) is 11.7 Å². The van der Waals surface area contributed by atoms with E-state index in [1.165, 1.54) is 0 Å². The minimum Gasteiger partial charge on any atom is -0.344 e. The van der Waals surface area contributed by atoms with Crippen LogP contribution < -0.4 is 10.8 Å². The summed E-state index contributed by atoms with van der Waals surface area (Å²) >= 11 is 0. The van der Waals surface area contributed by atoms with Crippen LogP contribution in [0.4, 0.5) is 0 Å². The van der Waals surface area contributed by atoms with Crippen LogP contribution in [0.25, 0.3) is 0 Å². The second-order valence-electron chi connectivity index (χ2n) is 11.1. The largest absolute Gasteiger partial charge is 0.344 e. The van der Waals surface area contributed by atoms with Gasteiger partial charge in [-0.15, -0.1) is 0 Å². The number of rotatable bonds is 9. The van der Waals surface area contributed by atoms with Gasteiger partial charge in [0.15, 0.2) is 0 Å². The van der Waals surface area contributed by atoms with Crippen molar-refractivity contribution in [1.29, 1.82) is 0 Å². The summed E-state index contributed by atoms with van der Waals surface area (Å²) in [6.45, 7) is 9.34. The van der Waals surface area contributed by atoms with Gasteiger partial charge in [0.05, 0.1) is 0 Å². The number of nitrogens with zero attached hydrogens (tertiary/aromatic N) is 3. The standard InChI is InChI=1S/C26H41N5O4/c1-26(2,3)23(28-24(33)21(16-22(32)29-35)15-19-7-4-5-8-19)25(34)31-13-11-30(12-14-31)18-20-9-6-10-27-17-20/h6,9-10,17,19,21,23,35H,4-5,7-8,11-16,18H2,1-3H3,(H,28,33)(H,29,32)/t21-,23-/m1/s1. The predicted octanol–water partition coefficient (Wildman–Crippen LogP) is 2.35. The third-order valence-electron chi connectivity index (χ3n) is 7.23. The Balaban J connectivity index is 1.62. The number of pyridine rings is 1. The molecule has 2 heterocycles. The Labute approximate surface area is 208 Å². The van der Waals surface area contributed by atoms with E-state index < -0.39 is 23.3 Å². The van der Waals surface area contributed by atoms with Crippen molar-refractivity contribution in [3.8, 4) is 0 Å². The van der Waals surface area contributed by atoms with Crippen molar-refractivity contribution in [2.24, 2.45) is 17.3 Å². The first kappa shape index (κ1) is 27.1. The Morgan fingerprint density at radius 2 is 1.83 bits per heavy atom. The van der Waals surface area contributed by atoms with Gasteiger partial charge in [-0.2, -0.15) is 0 Å². The molecular weight excluding hydrogens is 446 g/mol. The molecule has 0 bridgehead atoms. The van der Waals surface area contributed by atoms with Crippen LogP contribution in [0.15, 0.2) is 24.5 Å². The SMILES string of the molecule is CC(C)(C)[C@H](NC(=O)[C@@H](CC(=O)NO)CC1CCCC1)C(=O)N1CCN(Cc2cccnc2)CC1. The Morgan fingerprint density at radius 3 is 2.40 bits per heavy atom. The Morgan fingerprint density at radius 1 is 1.14 bits per heavy atom. The van der Waals surface area contributed by atoms with E-state index in [1.807, 2.05) is 37.9 Å². The van der Waals surface area contributed by atoms with Crippen LogP contribution in [0.2, 0.25) is 0 Å². The van der Waals surface area contributed by atoms with E-state index in [4.69, 9.17) is 5.21 Å². The normalized spacial score (nSPS) is 19.3. The van der Waals surface area contributed by atoms with Crippen LogP contribution in [0.5, 0.6) is 0 Å². The highest BCUT2D eigenvalue weighted by atomic mass is 16.5. The molecule has 0 unspecified atom stereocenters. The monoisotopic (exact) mass is 487 g/mol. The van der Waals surface area contributed by atoms with Gasteiger partial charge in [-0.25, -0.2) is 5.48 Å². The van der Waals surface area contributed by atoms with Gasteiger partial charge in [0, 0.05) is 57.5 Å². The van der Waals surface area contributed by atoms with Crippen molar-refractivity contribution in [1.82, 2.24) is 25.6 Å². The smallest absolute Gasteiger partial charge is 0.245 e. The number of hydrogen-bond donors (Lipinski definition) is 3. The molecule has 35 heavy (non-hydrogen) atoms. The zero-order chi connectivity index (χ0) is 25.4. The van der Waals surface area contributed by atoms with E-state index in [9.17, 15) is 14.4 Å². The van der Waals surface area contributed by atoms with E-state index in [2.05, 4.69) is 21.3 Å². The van der Waals surface area contributed by atoms with Gasteiger partial charge in [0.25, 0.3) is 0 Å². The number of hydroxylamine groups is 1. The average molecular weight is 488 g/mol. The molecule has 1 saturated heterocycles. The molecule has 1 aliphatic heterocycles. The molecule has 0 aromatic carbocycles. The van der Waals surface area contributed by atoms with Crippen LogP contribution in [0, 0.1) is 17.3 Å². The van der Waals surface area contributed by atoms with Gasteiger partial charge in [0.1, 0.15) is 6.04 Å². The fraction of sp³-hybridized carbons (Fsp3) is 0.692. The molecule has 1 aliphatic carbocycles. The molecule has 0 spiro atoms. The summed E-state index contributed by atoms with van der Waals surface area (Å²) < 4.78 is 0. The maximum absolute atomic E-state index is 13.6. The minimum absolute atomic E-state index is 0.0851. The maximum Gasteiger partial charge on any atom is 0.245 e. The second kappa shape index (κ2) is 12.4. The van der Waals surface area contributed by atoms with Gasteiger partial charge in [0.2, 0.25) is 17.7 Å². The van der Waals surface area contributed by atoms with Crippen molar-refractivity contribution in [2.75, 3.05) is 26.2 Å².